The molecule has 0 saturated heterocycles. The summed E-state index contributed by atoms with van der Waals surface area (Å²) in [7, 11) is 0. The minimum absolute atomic E-state index is 0.0629. The Morgan fingerprint density at radius 2 is 0.710 bits per heavy atom. The normalized spacial score (nSPS) is 13.3. The highest BCUT2D eigenvalue weighted by atomic mass is 16.3. The van der Waals surface area contributed by atoms with Crippen molar-refractivity contribution in [2.24, 2.45) is 0 Å². The highest BCUT2D eigenvalue weighted by Crippen LogP contribution is 2.17. The van der Waals surface area contributed by atoms with Gasteiger partial charge in [0.05, 0.1) is 18.8 Å². The Morgan fingerprint density at radius 3 is 1.06 bits per heavy atom. The molecule has 0 aromatic heterocycles. The summed E-state index contributed by atoms with van der Waals surface area (Å²) in [4.78, 5) is 12.4. The van der Waals surface area contributed by atoms with Crippen LogP contribution < -0.4 is 5.32 Å². The summed E-state index contributed by atoms with van der Waals surface area (Å²) >= 11 is 0. The maximum absolute atomic E-state index is 12.4. The fourth-order valence-electron chi connectivity index (χ4n) is 8.35. The lowest BCUT2D eigenvalue weighted by Crippen LogP contribution is -2.45. The predicted molar refractivity (Wildman–Crippen MR) is 276 cm³/mol. The Kier molecular flexibility index (Phi) is 51.8. The summed E-state index contributed by atoms with van der Waals surface area (Å²) in [6.07, 6.45) is 75.5. The lowest BCUT2D eigenvalue weighted by Gasteiger charge is -2.20. The Balaban J connectivity index is 3.34. The number of rotatable bonds is 50. The Morgan fingerprint density at radius 1 is 0.403 bits per heavy atom. The lowest BCUT2D eigenvalue weighted by molar-refractivity contribution is -0.123. The maximum Gasteiger partial charge on any atom is 0.220 e. The molecular formula is C58H107NO3. The van der Waals surface area contributed by atoms with Gasteiger partial charge in [-0.15, -0.1) is 0 Å². The Hall–Kier alpha value is -1.91. The third-order valence-electron chi connectivity index (χ3n) is 12.5. The summed E-state index contributed by atoms with van der Waals surface area (Å²) in [6.45, 7) is 4.18. The number of aliphatic hydroxyl groups is 2. The van der Waals surface area contributed by atoms with Crippen molar-refractivity contribution in [3.8, 4) is 0 Å². The smallest absolute Gasteiger partial charge is 0.220 e. The third-order valence-corrected chi connectivity index (χ3v) is 12.5. The van der Waals surface area contributed by atoms with Crippen molar-refractivity contribution < 1.29 is 15.0 Å². The first-order chi connectivity index (χ1) is 30.7. The van der Waals surface area contributed by atoms with Gasteiger partial charge in [0.1, 0.15) is 0 Å². The molecule has 4 nitrogen and oxygen atoms in total. The second kappa shape index (κ2) is 53.4. The van der Waals surface area contributed by atoms with E-state index in [0.717, 1.165) is 51.4 Å². The molecule has 1 amide bonds. The quantitative estimate of drug-likeness (QED) is 0.0421. The maximum atomic E-state index is 12.4. The van der Waals surface area contributed by atoms with Crippen LogP contribution in [0.1, 0.15) is 284 Å². The van der Waals surface area contributed by atoms with Gasteiger partial charge in [-0.1, -0.05) is 280 Å². The minimum Gasteiger partial charge on any atom is -0.394 e. The van der Waals surface area contributed by atoms with Crippen LogP contribution >= 0.6 is 0 Å². The van der Waals surface area contributed by atoms with Crippen molar-refractivity contribution in [1.29, 1.82) is 0 Å². The summed E-state index contributed by atoms with van der Waals surface area (Å²) in [5.41, 5.74) is 0. The molecule has 62 heavy (non-hydrogen) atoms. The molecule has 2 unspecified atom stereocenters. The van der Waals surface area contributed by atoms with E-state index in [1.807, 2.05) is 6.08 Å². The van der Waals surface area contributed by atoms with Crippen LogP contribution in [0.4, 0.5) is 0 Å². The van der Waals surface area contributed by atoms with E-state index >= 15 is 0 Å². The first kappa shape index (κ1) is 60.1. The van der Waals surface area contributed by atoms with Crippen LogP contribution in [0.2, 0.25) is 0 Å². The topological polar surface area (TPSA) is 69.6 Å². The zero-order valence-corrected chi connectivity index (χ0v) is 41.6. The number of aliphatic hydroxyl groups excluding tert-OH is 2. The summed E-state index contributed by atoms with van der Waals surface area (Å²) in [6, 6.07) is -0.618. The van der Waals surface area contributed by atoms with Crippen molar-refractivity contribution >= 4 is 5.91 Å². The molecule has 0 fully saturated rings. The van der Waals surface area contributed by atoms with Gasteiger partial charge in [0.15, 0.2) is 0 Å². The van der Waals surface area contributed by atoms with Crippen LogP contribution in [-0.4, -0.2) is 34.9 Å². The van der Waals surface area contributed by atoms with E-state index in [1.165, 1.54) is 212 Å². The third kappa shape index (κ3) is 49.1. The van der Waals surface area contributed by atoms with E-state index in [4.69, 9.17) is 0 Å². The molecule has 0 aliphatic carbocycles. The van der Waals surface area contributed by atoms with Crippen LogP contribution in [0.3, 0.4) is 0 Å². The molecule has 4 heteroatoms. The molecule has 0 heterocycles. The van der Waals surface area contributed by atoms with E-state index in [2.05, 4.69) is 67.8 Å². The molecule has 0 aliphatic rings. The summed E-state index contributed by atoms with van der Waals surface area (Å²) in [5, 5.41) is 22.9. The van der Waals surface area contributed by atoms with Gasteiger partial charge in [-0.3, -0.25) is 4.79 Å². The van der Waals surface area contributed by atoms with Crippen molar-refractivity contribution in [2.45, 2.75) is 296 Å². The average molecular weight is 866 g/mol. The number of nitrogens with one attached hydrogen (secondary N) is 1. The van der Waals surface area contributed by atoms with E-state index in [1.54, 1.807) is 6.08 Å². The van der Waals surface area contributed by atoms with Gasteiger partial charge in [-0.05, 0) is 57.8 Å². The highest BCUT2D eigenvalue weighted by molar-refractivity contribution is 5.76. The lowest BCUT2D eigenvalue weighted by atomic mass is 10.0. The van der Waals surface area contributed by atoms with Crippen LogP contribution in [0.5, 0.6) is 0 Å². The first-order valence-electron chi connectivity index (χ1n) is 27.5. The van der Waals surface area contributed by atoms with Gasteiger partial charge in [0.25, 0.3) is 0 Å². The highest BCUT2D eigenvalue weighted by Gasteiger charge is 2.18. The number of amides is 1. The SMILES string of the molecule is CC/C=C\C/C=C\C/C=C\C/C=C\CCCCCCCCCCCCCCCCCCCCCCCCCCCCCCC(=O)NC(CO)C(O)/C=C/CCCCCCCCC. The molecule has 362 valence electrons. The molecule has 0 bridgehead atoms. The zero-order chi connectivity index (χ0) is 44.9. The van der Waals surface area contributed by atoms with E-state index in [9.17, 15) is 15.0 Å². The van der Waals surface area contributed by atoms with Gasteiger partial charge in [0.2, 0.25) is 5.91 Å². The predicted octanol–water partition coefficient (Wildman–Crippen LogP) is 18.0. The van der Waals surface area contributed by atoms with Gasteiger partial charge < -0.3 is 15.5 Å². The van der Waals surface area contributed by atoms with Crippen LogP contribution in [-0.2, 0) is 4.79 Å². The molecular weight excluding hydrogens is 759 g/mol. The monoisotopic (exact) mass is 866 g/mol. The number of carbonyl (C=O) groups excluding carboxylic acids is 1. The van der Waals surface area contributed by atoms with Gasteiger partial charge >= 0.3 is 0 Å². The molecule has 0 saturated carbocycles. The largest absolute Gasteiger partial charge is 0.394 e. The number of carbonyl (C=O) groups is 1. The van der Waals surface area contributed by atoms with Crippen molar-refractivity contribution in [3.63, 3.8) is 0 Å². The van der Waals surface area contributed by atoms with E-state index in [0.29, 0.717) is 6.42 Å². The second-order valence-electron chi connectivity index (χ2n) is 18.6. The van der Waals surface area contributed by atoms with Gasteiger partial charge in [-0.25, -0.2) is 0 Å². The van der Waals surface area contributed by atoms with Crippen LogP contribution in [0.15, 0.2) is 60.8 Å². The zero-order valence-electron chi connectivity index (χ0n) is 41.6. The van der Waals surface area contributed by atoms with Crippen LogP contribution in [0.25, 0.3) is 0 Å². The Bertz CT molecular complexity index is 1030. The van der Waals surface area contributed by atoms with Crippen LogP contribution in [0, 0.1) is 0 Å². The fraction of sp³-hybridized carbons (Fsp3) is 0.810. The molecule has 0 spiro atoms. The average Bonchev–Trinajstić information content (AvgIpc) is 3.28. The fourth-order valence-corrected chi connectivity index (χ4v) is 8.35. The van der Waals surface area contributed by atoms with E-state index < -0.39 is 12.1 Å². The molecule has 0 radical (unpaired) electrons. The second-order valence-corrected chi connectivity index (χ2v) is 18.6. The molecule has 0 aliphatic heterocycles. The molecule has 0 aromatic rings. The van der Waals surface area contributed by atoms with Gasteiger partial charge in [-0.2, -0.15) is 0 Å². The number of hydrogen-bond acceptors (Lipinski definition) is 3. The molecule has 0 aromatic carbocycles. The standard InChI is InChI=1S/C58H107NO3/c1-3-5-7-9-11-13-14-15-16-17-18-19-20-21-22-23-24-25-26-27-28-29-30-31-32-33-34-35-36-37-38-39-40-41-42-43-44-46-48-50-52-54-58(62)59-56(55-60)57(61)53-51-49-47-45-12-10-8-6-4-2/h5,7,11,13,15-16,18-19,51,53,56-57,60-61H,3-4,6,8-10,12,14,17,20-50,52,54-55H2,1-2H3,(H,59,62)/b7-5-,13-11-,16-15-,19-18-,53-51+. The summed E-state index contributed by atoms with van der Waals surface area (Å²) in [5.74, 6) is -0.0629. The number of unbranched alkanes of at least 4 members (excludes halogenated alkanes) is 35. The number of hydrogen-bond donors (Lipinski definition) is 3. The molecule has 2 atom stereocenters. The minimum atomic E-state index is -0.835. The molecule has 0 rings (SSSR count). The van der Waals surface area contributed by atoms with Gasteiger partial charge in [0, 0.05) is 6.42 Å². The van der Waals surface area contributed by atoms with Crippen molar-refractivity contribution in [3.05, 3.63) is 60.8 Å². The molecule has 3 N–H and O–H groups in total. The summed E-state index contributed by atoms with van der Waals surface area (Å²) < 4.78 is 0. The van der Waals surface area contributed by atoms with Crippen molar-refractivity contribution in [1.82, 2.24) is 5.32 Å². The Labute approximate surface area is 387 Å². The van der Waals surface area contributed by atoms with E-state index in [-0.39, 0.29) is 12.5 Å². The first-order valence-corrected chi connectivity index (χ1v) is 27.5. The van der Waals surface area contributed by atoms with Crippen molar-refractivity contribution in [2.75, 3.05) is 6.61 Å². The number of allylic oxidation sites excluding steroid dienone is 9.